The second-order valence-electron chi connectivity index (χ2n) is 6.32. The van der Waals surface area contributed by atoms with Crippen LogP contribution in [0, 0.1) is 17.5 Å². The average Bonchev–Trinajstić information content (AvgIpc) is 2.72. The number of hydrogen-bond donors (Lipinski definition) is 2. The van der Waals surface area contributed by atoms with Gasteiger partial charge in [0.25, 0.3) is 15.9 Å². The number of para-hydroxylation sites is 1. The van der Waals surface area contributed by atoms with E-state index in [1.54, 1.807) is 0 Å². The Balaban J connectivity index is 1.78. The van der Waals surface area contributed by atoms with Crippen LogP contribution in [0.4, 0.5) is 18.9 Å². The Morgan fingerprint density at radius 1 is 0.833 bits per heavy atom. The number of amides is 1. The van der Waals surface area contributed by atoms with Gasteiger partial charge in [0.1, 0.15) is 4.90 Å². The maximum atomic E-state index is 13.9. The number of nitrogens with one attached hydrogen (secondary N) is 2. The summed E-state index contributed by atoms with van der Waals surface area (Å²) in [6.07, 6.45) is 0.570. The standard InChI is InChI=1S/C21H17F3N2O3S/c22-16-10-11-18(20(24)19(16)23)30(28,29)26-17-9-5-4-8-15(17)21(27)25-13-12-14-6-2-1-3-7-14/h1-11,26H,12-13H2,(H,25,27). The average molecular weight is 434 g/mol. The zero-order valence-corrected chi connectivity index (χ0v) is 16.3. The molecule has 0 spiro atoms. The maximum Gasteiger partial charge on any atom is 0.264 e. The molecule has 156 valence electrons. The summed E-state index contributed by atoms with van der Waals surface area (Å²) in [5.41, 5.74) is 0.886. The quantitative estimate of drug-likeness (QED) is 0.555. The SMILES string of the molecule is O=C(NCCc1ccccc1)c1ccccc1NS(=O)(=O)c1ccc(F)c(F)c1F. The van der Waals surface area contributed by atoms with Gasteiger partial charge in [0, 0.05) is 6.54 Å². The fourth-order valence-corrected chi connectivity index (χ4v) is 3.90. The van der Waals surface area contributed by atoms with Gasteiger partial charge in [-0.3, -0.25) is 9.52 Å². The van der Waals surface area contributed by atoms with E-state index in [1.165, 1.54) is 24.3 Å². The van der Waals surface area contributed by atoms with E-state index in [0.29, 0.717) is 25.1 Å². The number of carbonyl (C=O) groups is 1. The van der Waals surface area contributed by atoms with Crippen LogP contribution >= 0.6 is 0 Å². The molecule has 0 radical (unpaired) electrons. The first kappa shape index (κ1) is 21.4. The number of sulfonamides is 1. The van der Waals surface area contributed by atoms with Gasteiger partial charge >= 0.3 is 0 Å². The van der Waals surface area contributed by atoms with Gasteiger partial charge in [0.15, 0.2) is 17.5 Å². The van der Waals surface area contributed by atoms with Crippen molar-refractivity contribution in [2.24, 2.45) is 0 Å². The molecular formula is C21H17F3N2O3S. The lowest BCUT2D eigenvalue weighted by molar-refractivity contribution is 0.0955. The summed E-state index contributed by atoms with van der Waals surface area (Å²) in [7, 11) is -4.61. The van der Waals surface area contributed by atoms with Crippen LogP contribution in [0.25, 0.3) is 0 Å². The molecule has 0 aromatic heterocycles. The molecule has 3 rings (SSSR count). The fraction of sp³-hybridized carbons (Fsp3) is 0.0952. The third-order valence-electron chi connectivity index (χ3n) is 4.25. The van der Waals surface area contributed by atoms with Gasteiger partial charge in [-0.15, -0.1) is 0 Å². The van der Waals surface area contributed by atoms with E-state index in [-0.39, 0.29) is 11.3 Å². The van der Waals surface area contributed by atoms with Crippen LogP contribution in [0.3, 0.4) is 0 Å². The molecule has 0 unspecified atom stereocenters. The molecule has 3 aromatic rings. The van der Waals surface area contributed by atoms with Gasteiger partial charge in [-0.25, -0.2) is 21.6 Å². The first-order chi connectivity index (χ1) is 14.3. The van der Waals surface area contributed by atoms with Gasteiger partial charge in [-0.2, -0.15) is 0 Å². The molecule has 0 aliphatic carbocycles. The molecule has 0 aliphatic rings. The predicted octanol–water partition coefficient (Wildman–Crippen LogP) is 3.88. The molecule has 5 nitrogen and oxygen atoms in total. The lowest BCUT2D eigenvalue weighted by atomic mass is 10.1. The second kappa shape index (κ2) is 9.00. The fourth-order valence-electron chi connectivity index (χ4n) is 2.75. The van der Waals surface area contributed by atoms with E-state index in [9.17, 15) is 26.4 Å². The summed E-state index contributed by atoms with van der Waals surface area (Å²) < 4.78 is 67.5. The zero-order valence-electron chi connectivity index (χ0n) is 15.5. The predicted molar refractivity (Wildman–Crippen MR) is 106 cm³/mol. The Kier molecular flexibility index (Phi) is 6.41. The molecule has 0 saturated heterocycles. The lowest BCUT2D eigenvalue weighted by Gasteiger charge is -2.13. The smallest absolute Gasteiger partial charge is 0.264 e. The Hall–Kier alpha value is -3.33. The minimum Gasteiger partial charge on any atom is -0.352 e. The monoisotopic (exact) mass is 434 g/mol. The third-order valence-corrected chi connectivity index (χ3v) is 5.63. The van der Waals surface area contributed by atoms with Crippen molar-refractivity contribution >= 4 is 21.6 Å². The molecule has 3 aromatic carbocycles. The van der Waals surface area contributed by atoms with E-state index < -0.39 is 38.3 Å². The van der Waals surface area contributed by atoms with E-state index in [0.717, 1.165) is 5.56 Å². The Bertz CT molecular complexity index is 1170. The van der Waals surface area contributed by atoms with Crippen molar-refractivity contribution in [3.8, 4) is 0 Å². The van der Waals surface area contributed by atoms with Crippen LogP contribution in [0.2, 0.25) is 0 Å². The molecule has 1 amide bonds. The summed E-state index contributed by atoms with van der Waals surface area (Å²) >= 11 is 0. The van der Waals surface area contributed by atoms with Crippen LogP contribution in [-0.2, 0) is 16.4 Å². The van der Waals surface area contributed by atoms with E-state index in [4.69, 9.17) is 0 Å². The van der Waals surface area contributed by atoms with Gasteiger partial charge in [-0.05, 0) is 36.2 Å². The first-order valence-electron chi connectivity index (χ1n) is 8.87. The van der Waals surface area contributed by atoms with Crippen LogP contribution in [0.15, 0.2) is 71.6 Å². The van der Waals surface area contributed by atoms with Crippen molar-refractivity contribution in [1.82, 2.24) is 5.32 Å². The van der Waals surface area contributed by atoms with Gasteiger partial charge in [-0.1, -0.05) is 42.5 Å². The summed E-state index contributed by atoms with van der Waals surface area (Å²) in [4.78, 5) is 11.4. The molecule has 0 bridgehead atoms. The van der Waals surface area contributed by atoms with E-state index >= 15 is 0 Å². The maximum absolute atomic E-state index is 13.9. The Labute approximate surface area is 171 Å². The number of benzene rings is 3. The molecule has 30 heavy (non-hydrogen) atoms. The minimum atomic E-state index is -4.61. The number of hydrogen-bond acceptors (Lipinski definition) is 3. The topological polar surface area (TPSA) is 75.3 Å². The van der Waals surface area contributed by atoms with Crippen molar-refractivity contribution in [3.63, 3.8) is 0 Å². The number of rotatable bonds is 7. The summed E-state index contributed by atoms with van der Waals surface area (Å²) in [5, 5.41) is 2.68. The number of carbonyl (C=O) groups excluding carboxylic acids is 1. The Morgan fingerprint density at radius 3 is 2.23 bits per heavy atom. The molecule has 0 atom stereocenters. The van der Waals surface area contributed by atoms with Crippen LogP contribution in [0.1, 0.15) is 15.9 Å². The van der Waals surface area contributed by atoms with Gasteiger partial charge in [0.05, 0.1) is 11.3 Å². The molecular weight excluding hydrogens is 417 g/mol. The van der Waals surface area contributed by atoms with E-state index in [1.807, 2.05) is 30.3 Å². The second-order valence-corrected chi connectivity index (χ2v) is 7.97. The molecule has 9 heteroatoms. The number of halogens is 3. The van der Waals surface area contributed by atoms with Crippen molar-refractivity contribution < 1.29 is 26.4 Å². The van der Waals surface area contributed by atoms with Crippen LogP contribution in [0.5, 0.6) is 0 Å². The molecule has 0 saturated carbocycles. The molecule has 0 heterocycles. The van der Waals surface area contributed by atoms with Crippen molar-refractivity contribution in [1.29, 1.82) is 0 Å². The van der Waals surface area contributed by atoms with Gasteiger partial charge < -0.3 is 5.32 Å². The highest BCUT2D eigenvalue weighted by molar-refractivity contribution is 7.92. The van der Waals surface area contributed by atoms with E-state index in [2.05, 4.69) is 10.0 Å². The number of anilines is 1. The lowest BCUT2D eigenvalue weighted by Crippen LogP contribution is -2.27. The van der Waals surface area contributed by atoms with Crippen molar-refractivity contribution in [3.05, 3.63) is 95.3 Å². The molecule has 2 N–H and O–H groups in total. The zero-order chi connectivity index (χ0) is 21.7. The van der Waals surface area contributed by atoms with Crippen LogP contribution in [-0.4, -0.2) is 20.9 Å². The van der Waals surface area contributed by atoms with Gasteiger partial charge in [0.2, 0.25) is 0 Å². The summed E-state index contributed by atoms with van der Waals surface area (Å²) in [6.45, 7) is 0.307. The van der Waals surface area contributed by atoms with Crippen molar-refractivity contribution in [2.45, 2.75) is 11.3 Å². The highest BCUT2D eigenvalue weighted by Gasteiger charge is 2.25. The summed E-state index contributed by atoms with van der Waals surface area (Å²) in [5.74, 6) is -5.79. The van der Waals surface area contributed by atoms with Crippen LogP contribution < -0.4 is 10.0 Å². The summed E-state index contributed by atoms with van der Waals surface area (Å²) in [6, 6.07) is 16.3. The highest BCUT2D eigenvalue weighted by Crippen LogP contribution is 2.24. The first-order valence-corrected chi connectivity index (χ1v) is 10.4. The third kappa shape index (κ3) is 4.80. The minimum absolute atomic E-state index is 0.00266. The molecule has 0 fully saturated rings. The van der Waals surface area contributed by atoms with Crippen molar-refractivity contribution in [2.75, 3.05) is 11.3 Å². The normalized spacial score (nSPS) is 11.2. The largest absolute Gasteiger partial charge is 0.352 e. The molecule has 0 aliphatic heterocycles. The Morgan fingerprint density at radius 2 is 1.50 bits per heavy atom. The highest BCUT2D eigenvalue weighted by atomic mass is 32.2.